The predicted octanol–water partition coefficient (Wildman–Crippen LogP) is 3.05. The zero-order valence-corrected chi connectivity index (χ0v) is 18.9. The minimum atomic E-state index is -1.89. The Hall–Kier alpha value is -1.34. The van der Waals surface area contributed by atoms with Gasteiger partial charge in [-0.3, -0.25) is 0 Å². The van der Waals surface area contributed by atoms with E-state index in [4.69, 9.17) is 4.43 Å². The van der Waals surface area contributed by atoms with E-state index in [1.807, 2.05) is 0 Å². The van der Waals surface area contributed by atoms with Crippen LogP contribution in [0.2, 0.25) is 18.1 Å². The maximum atomic E-state index is 12.5. The standard InChI is InChI=1S/C20H38N2O4Si/c1-16(18(23)24)21-19(25)22(13-12-17-10-8-7-9-11-17)14-15-26-27(5,6)20(2,3)4/h10,16H,7-9,11-15H2,1-6H3,(H,21,25)(H,23,24)/p-1/t16-/m0/s1. The van der Waals surface area contributed by atoms with Crippen LogP contribution in [0.1, 0.15) is 59.8 Å². The lowest BCUT2D eigenvalue weighted by molar-refractivity contribution is -0.307. The van der Waals surface area contributed by atoms with Gasteiger partial charge >= 0.3 is 6.03 Å². The summed E-state index contributed by atoms with van der Waals surface area (Å²) in [7, 11) is -1.89. The molecule has 1 aliphatic rings. The van der Waals surface area contributed by atoms with Gasteiger partial charge in [0.05, 0.1) is 18.6 Å². The van der Waals surface area contributed by atoms with Gasteiger partial charge in [0.1, 0.15) is 0 Å². The van der Waals surface area contributed by atoms with Crippen molar-refractivity contribution >= 4 is 20.3 Å². The second kappa shape index (κ2) is 10.3. The number of carboxylic acids is 1. The maximum absolute atomic E-state index is 12.5. The number of hydrogen-bond donors (Lipinski definition) is 1. The number of urea groups is 1. The molecule has 27 heavy (non-hydrogen) atoms. The topological polar surface area (TPSA) is 81.7 Å². The number of carbonyl (C=O) groups is 2. The summed E-state index contributed by atoms with van der Waals surface area (Å²) >= 11 is 0. The van der Waals surface area contributed by atoms with Crippen LogP contribution in [0.4, 0.5) is 4.79 Å². The molecule has 0 unspecified atom stereocenters. The van der Waals surface area contributed by atoms with E-state index in [1.165, 1.54) is 25.3 Å². The molecule has 0 saturated carbocycles. The molecular weight excluding hydrogens is 360 g/mol. The molecule has 0 bridgehead atoms. The van der Waals surface area contributed by atoms with E-state index in [-0.39, 0.29) is 11.1 Å². The fraction of sp³-hybridized carbons (Fsp3) is 0.800. The zero-order chi connectivity index (χ0) is 20.7. The van der Waals surface area contributed by atoms with Crippen molar-refractivity contribution in [1.82, 2.24) is 10.2 Å². The number of allylic oxidation sites excluding steroid dienone is 1. The van der Waals surface area contributed by atoms with Crippen LogP contribution >= 0.6 is 0 Å². The van der Waals surface area contributed by atoms with Gasteiger partial charge in [-0.05, 0) is 57.2 Å². The molecule has 0 saturated heterocycles. The van der Waals surface area contributed by atoms with E-state index in [0.29, 0.717) is 19.7 Å². The van der Waals surface area contributed by atoms with Gasteiger partial charge < -0.3 is 24.5 Å². The summed E-state index contributed by atoms with van der Waals surface area (Å²) in [6.07, 6.45) is 7.73. The number of amides is 2. The molecule has 1 rings (SSSR count). The van der Waals surface area contributed by atoms with E-state index >= 15 is 0 Å². The van der Waals surface area contributed by atoms with Gasteiger partial charge in [-0.25, -0.2) is 4.79 Å². The van der Waals surface area contributed by atoms with Crippen LogP contribution in [-0.2, 0) is 9.22 Å². The summed E-state index contributed by atoms with van der Waals surface area (Å²) in [5.41, 5.74) is 1.39. The van der Waals surface area contributed by atoms with Gasteiger partial charge in [0.2, 0.25) is 0 Å². The minimum absolute atomic E-state index is 0.108. The quantitative estimate of drug-likeness (QED) is 0.479. The van der Waals surface area contributed by atoms with Crippen LogP contribution in [0, 0.1) is 0 Å². The molecule has 6 nitrogen and oxygen atoms in total. The van der Waals surface area contributed by atoms with Crippen molar-refractivity contribution in [2.24, 2.45) is 0 Å². The normalized spacial score (nSPS) is 16.4. The molecule has 0 aromatic rings. The molecule has 7 heteroatoms. The highest BCUT2D eigenvalue weighted by atomic mass is 28.4. The Morgan fingerprint density at radius 2 is 1.96 bits per heavy atom. The molecule has 0 aliphatic heterocycles. The number of aliphatic carboxylic acids is 1. The Morgan fingerprint density at radius 1 is 1.30 bits per heavy atom. The van der Waals surface area contributed by atoms with Gasteiger partial charge in [0.25, 0.3) is 0 Å². The van der Waals surface area contributed by atoms with Crippen molar-refractivity contribution in [3.05, 3.63) is 11.6 Å². The van der Waals surface area contributed by atoms with Gasteiger partial charge in [0, 0.05) is 13.1 Å². The molecule has 1 N–H and O–H groups in total. The number of carbonyl (C=O) groups excluding carboxylic acids is 2. The van der Waals surface area contributed by atoms with Crippen LogP contribution < -0.4 is 10.4 Å². The number of rotatable bonds is 9. The van der Waals surface area contributed by atoms with Crippen molar-refractivity contribution in [1.29, 1.82) is 0 Å². The number of carboxylic acid groups (broad SMARTS) is 1. The third-order valence-corrected chi connectivity index (χ3v) is 10.2. The van der Waals surface area contributed by atoms with E-state index in [9.17, 15) is 14.7 Å². The van der Waals surface area contributed by atoms with Crippen molar-refractivity contribution < 1.29 is 19.1 Å². The van der Waals surface area contributed by atoms with Crippen molar-refractivity contribution in [2.45, 2.75) is 84.0 Å². The smallest absolute Gasteiger partial charge is 0.317 e. The van der Waals surface area contributed by atoms with Crippen molar-refractivity contribution in [3.8, 4) is 0 Å². The van der Waals surface area contributed by atoms with Gasteiger partial charge in [-0.15, -0.1) is 0 Å². The highest BCUT2D eigenvalue weighted by Crippen LogP contribution is 2.36. The lowest BCUT2D eigenvalue weighted by atomic mass is 9.97. The SMILES string of the molecule is C[C@H](NC(=O)N(CCO[Si](C)(C)C(C)(C)C)CCC1=CCCCC1)C(=O)[O-]. The summed E-state index contributed by atoms with van der Waals surface area (Å²) in [6, 6.07) is -1.39. The summed E-state index contributed by atoms with van der Waals surface area (Å²) < 4.78 is 6.19. The van der Waals surface area contributed by atoms with E-state index < -0.39 is 20.3 Å². The largest absolute Gasteiger partial charge is 0.548 e. The molecule has 2 amide bonds. The summed E-state index contributed by atoms with van der Waals surface area (Å²) in [6.45, 7) is 13.8. The highest BCUT2D eigenvalue weighted by molar-refractivity contribution is 6.74. The second-order valence-corrected chi connectivity index (χ2v) is 13.8. The Morgan fingerprint density at radius 3 is 2.48 bits per heavy atom. The molecule has 0 aromatic heterocycles. The summed E-state index contributed by atoms with van der Waals surface area (Å²) in [5, 5.41) is 13.6. The van der Waals surface area contributed by atoms with E-state index in [1.54, 1.807) is 4.90 Å². The molecule has 1 aliphatic carbocycles. The average molecular weight is 398 g/mol. The third kappa shape index (κ3) is 8.05. The molecule has 0 fully saturated rings. The molecule has 0 spiro atoms. The van der Waals surface area contributed by atoms with Crippen LogP contribution in [0.5, 0.6) is 0 Å². The molecule has 0 radical (unpaired) electrons. The predicted molar refractivity (Wildman–Crippen MR) is 109 cm³/mol. The molecule has 1 atom stereocenters. The number of hydrogen-bond acceptors (Lipinski definition) is 4. The van der Waals surface area contributed by atoms with Crippen LogP contribution in [-0.4, -0.2) is 51.0 Å². The third-order valence-electron chi connectivity index (χ3n) is 5.70. The molecular formula is C20H37N2O4Si-. The lowest BCUT2D eigenvalue weighted by Gasteiger charge is -2.37. The van der Waals surface area contributed by atoms with Crippen molar-refractivity contribution in [2.75, 3.05) is 19.7 Å². The minimum Gasteiger partial charge on any atom is -0.548 e. The fourth-order valence-electron chi connectivity index (χ4n) is 2.69. The first-order valence-electron chi connectivity index (χ1n) is 10.0. The Balaban J connectivity index is 2.67. The first kappa shape index (κ1) is 23.7. The van der Waals surface area contributed by atoms with Crippen LogP contribution in [0.15, 0.2) is 11.6 Å². The number of nitrogens with zero attached hydrogens (tertiary/aromatic N) is 1. The number of nitrogens with one attached hydrogen (secondary N) is 1. The highest BCUT2D eigenvalue weighted by Gasteiger charge is 2.37. The maximum Gasteiger partial charge on any atom is 0.317 e. The Bertz CT molecular complexity index is 541. The van der Waals surface area contributed by atoms with Crippen molar-refractivity contribution in [3.63, 3.8) is 0 Å². The lowest BCUT2D eigenvalue weighted by Crippen LogP contribution is -2.52. The first-order valence-corrected chi connectivity index (χ1v) is 12.9. The van der Waals surface area contributed by atoms with Crippen LogP contribution in [0.3, 0.4) is 0 Å². The van der Waals surface area contributed by atoms with E-state index in [2.05, 4.69) is 45.3 Å². The summed E-state index contributed by atoms with van der Waals surface area (Å²) in [5.74, 6) is -1.28. The molecule has 0 aromatic carbocycles. The monoisotopic (exact) mass is 397 g/mol. The zero-order valence-electron chi connectivity index (χ0n) is 17.9. The van der Waals surface area contributed by atoms with E-state index in [0.717, 1.165) is 19.3 Å². The Labute approximate surface area is 165 Å². The first-order chi connectivity index (χ1) is 12.4. The average Bonchev–Trinajstić information content (AvgIpc) is 2.57. The van der Waals surface area contributed by atoms with Crippen LogP contribution in [0.25, 0.3) is 0 Å². The fourth-order valence-corrected chi connectivity index (χ4v) is 3.72. The van der Waals surface area contributed by atoms with Gasteiger partial charge in [0.15, 0.2) is 8.32 Å². The Kier molecular flexibility index (Phi) is 9.01. The second-order valence-electron chi connectivity index (χ2n) is 8.94. The summed E-state index contributed by atoms with van der Waals surface area (Å²) in [4.78, 5) is 25.2. The molecule has 156 valence electrons. The van der Waals surface area contributed by atoms with Gasteiger partial charge in [-0.1, -0.05) is 32.4 Å². The molecule has 0 heterocycles. The van der Waals surface area contributed by atoms with Gasteiger partial charge in [-0.2, -0.15) is 0 Å².